The molecule has 3 heterocycles. The predicted molar refractivity (Wildman–Crippen MR) is 123 cm³/mol. The molecule has 0 unspecified atom stereocenters. The van der Waals surface area contributed by atoms with Gasteiger partial charge < -0.3 is 10.6 Å². The van der Waals surface area contributed by atoms with Crippen LogP contribution in [0.5, 0.6) is 0 Å². The number of amides is 1. The first-order valence-corrected chi connectivity index (χ1v) is 11.5. The smallest absolute Gasteiger partial charge is 0.309 e. The van der Waals surface area contributed by atoms with Crippen LogP contribution in [0, 0.1) is 0 Å². The highest BCUT2D eigenvalue weighted by Gasteiger charge is 2.34. The van der Waals surface area contributed by atoms with Gasteiger partial charge in [0.1, 0.15) is 17.4 Å². The molecular weight excluding hydrogens is 512 g/mol. The average molecular weight is 533 g/mol. The van der Waals surface area contributed by atoms with Gasteiger partial charge >= 0.3 is 6.18 Å². The van der Waals surface area contributed by atoms with E-state index in [1.54, 1.807) is 18.7 Å². The first kappa shape index (κ1) is 26.7. The number of hydrogen-bond donors (Lipinski definition) is 2. The van der Waals surface area contributed by atoms with E-state index in [0.717, 1.165) is 17.5 Å². The number of aromatic nitrogens is 4. The van der Waals surface area contributed by atoms with Gasteiger partial charge in [-0.1, -0.05) is 18.5 Å². The molecule has 0 fully saturated rings. The molecule has 0 aromatic carbocycles. The number of carbonyl (C=O) groups is 2. The number of rotatable bonds is 10. The highest BCUT2D eigenvalue weighted by Crippen LogP contribution is 2.35. The molecule has 35 heavy (non-hydrogen) atoms. The summed E-state index contributed by atoms with van der Waals surface area (Å²) in [4.78, 5) is 33.4. The van der Waals surface area contributed by atoms with E-state index in [1.807, 2.05) is 0 Å². The van der Waals surface area contributed by atoms with Crippen LogP contribution < -0.4 is 10.6 Å². The minimum absolute atomic E-state index is 0.0874. The fourth-order valence-corrected chi connectivity index (χ4v) is 4.25. The van der Waals surface area contributed by atoms with Crippen molar-refractivity contribution in [3.63, 3.8) is 0 Å². The van der Waals surface area contributed by atoms with Crippen LogP contribution in [0.4, 0.5) is 23.4 Å². The normalized spacial score (nSPS) is 12.5. The molecule has 0 aliphatic rings. The molecule has 3 rings (SSSR count). The Labute approximate surface area is 206 Å². The predicted octanol–water partition coefficient (Wildman–Crippen LogP) is 4.63. The summed E-state index contributed by atoms with van der Waals surface area (Å²) < 4.78 is 53.0. The van der Waals surface area contributed by atoms with Gasteiger partial charge in [0, 0.05) is 38.7 Å². The molecule has 8 nitrogen and oxygen atoms in total. The zero-order valence-electron chi connectivity index (χ0n) is 18.6. The van der Waals surface area contributed by atoms with E-state index < -0.39 is 29.3 Å². The van der Waals surface area contributed by atoms with Crippen molar-refractivity contribution in [2.24, 2.45) is 7.05 Å². The topological polar surface area (TPSA) is 102 Å². The number of alkyl halides is 4. The van der Waals surface area contributed by atoms with Gasteiger partial charge in [-0.25, -0.2) is 14.4 Å². The van der Waals surface area contributed by atoms with Crippen molar-refractivity contribution in [1.29, 1.82) is 0 Å². The molecule has 3 aromatic heterocycles. The van der Waals surface area contributed by atoms with Crippen molar-refractivity contribution >= 4 is 40.4 Å². The number of carbonyl (C=O) groups excluding carboxylic acids is 2. The van der Waals surface area contributed by atoms with Crippen LogP contribution in [-0.2, 0) is 19.8 Å². The Morgan fingerprint density at radius 2 is 1.97 bits per heavy atom. The molecule has 2 N–H and O–H groups in total. The molecule has 0 saturated carbocycles. The van der Waals surface area contributed by atoms with Crippen molar-refractivity contribution in [2.75, 3.05) is 18.5 Å². The van der Waals surface area contributed by atoms with Crippen LogP contribution >= 0.6 is 22.9 Å². The Bertz CT molecular complexity index is 1210. The molecule has 14 heteroatoms. The summed E-state index contributed by atoms with van der Waals surface area (Å²) in [5.41, 5.74) is -0.0747. The Kier molecular flexibility index (Phi) is 8.56. The van der Waals surface area contributed by atoms with E-state index in [0.29, 0.717) is 22.3 Å². The number of nitrogens with one attached hydrogen (secondary N) is 2. The lowest BCUT2D eigenvalue weighted by atomic mass is 10.0. The SMILES string of the molecule is C[C@@H](CC(=O)c1cnn(C)c1CNCCF)c1ncc(C(=O)Nc2cc(C(F)(F)F)c(Cl)cn2)s1. The van der Waals surface area contributed by atoms with Gasteiger partial charge in [-0.3, -0.25) is 14.3 Å². The highest BCUT2D eigenvalue weighted by molar-refractivity contribution is 7.13. The lowest BCUT2D eigenvalue weighted by molar-refractivity contribution is -0.137. The second kappa shape index (κ2) is 11.2. The minimum Gasteiger partial charge on any atom is -0.309 e. The maximum Gasteiger partial charge on any atom is 0.418 e. The fourth-order valence-electron chi connectivity index (χ4n) is 3.18. The van der Waals surface area contributed by atoms with Crippen molar-refractivity contribution < 1.29 is 27.2 Å². The number of halogens is 5. The molecule has 0 bridgehead atoms. The molecule has 188 valence electrons. The zero-order chi connectivity index (χ0) is 25.8. The van der Waals surface area contributed by atoms with Gasteiger partial charge in [-0.15, -0.1) is 11.3 Å². The molecule has 0 spiro atoms. The van der Waals surface area contributed by atoms with E-state index in [-0.39, 0.29) is 41.9 Å². The monoisotopic (exact) mass is 532 g/mol. The summed E-state index contributed by atoms with van der Waals surface area (Å²) in [5.74, 6) is -1.53. The van der Waals surface area contributed by atoms with E-state index in [4.69, 9.17) is 11.6 Å². The van der Waals surface area contributed by atoms with E-state index in [9.17, 15) is 27.2 Å². The number of anilines is 1. The second-order valence-electron chi connectivity index (χ2n) is 7.59. The minimum atomic E-state index is -4.70. The first-order valence-electron chi connectivity index (χ1n) is 10.3. The molecule has 0 saturated heterocycles. The van der Waals surface area contributed by atoms with Crippen LogP contribution in [0.15, 0.2) is 24.7 Å². The molecule has 0 aliphatic carbocycles. The quantitative estimate of drug-likeness (QED) is 0.224. The zero-order valence-corrected chi connectivity index (χ0v) is 20.2. The van der Waals surface area contributed by atoms with Gasteiger partial charge in [0.25, 0.3) is 5.91 Å². The van der Waals surface area contributed by atoms with Gasteiger partial charge in [-0.05, 0) is 6.07 Å². The maximum atomic E-state index is 13.0. The largest absolute Gasteiger partial charge is 0.418 e. The van der Waals surface area contributed by atoms with Crippen molar-refractivity contribution in [1.82, 2.24) is 25.1 Å². The number of ketones is 1. The van der Waals surface area contributed by atoms with Gasteiger partial charge in [0.15, 0.2) is 5.78 Å². The van der Waals surface area contributed by atoms with Crippen molar-refractivity contribution in [3.8, 4) is 0 Å². The Hall–Kier alpha value is -2.90. The molecule has 0 aliphatic heterocycles. The Balaban J connectivity index is 1.67. The average Bonchev–Trinajstić information content (AvgIpc) is 3.42. The number of pyridine rings is 1. The Morgan fingerprint density at radius 3 is 2.66 bits per heavy atom. The van der Waals surface area contributed by atoms with Crippen LogP contribution in [0.25, 0.3) is 0 Å². The van der Waals surface area contributed by atoms with Crippen LogP contribution in [0.2, 0.25) is 5.02 Å². The van der Waals surface area contributed by atoms with Crippen molar-refractivity contribution in [2.45, 2.75) is 32.0 Å². The molecule has 3 aromatic rings. The Morgan fingerprint density at radius 1 is 1.23 bits per heavy atom. The van der Waals surface area contributed by atoms with Gasteiger partial charge in [0.2, 0.25) is 0 Å². The third kappa shape index (κ3) is 6.61. The van der Waals surface area contributed by atoms with Gasteiger partial charge in [0.05, 0.1) is 39.2 Å². The number of hydrogen-bond acceptors (Lipinski definition) is 7. The molecular formula is C21H21ClF4N6O2S. The van der Waals surface area contributed by atoms with Gasteiger partial charge in [-0.2, -0.15) is 18.3 Å². The summed E-state index contributed by atoms with van der Waals surface area (Å²) in [6.45, 7) is 1.68. The third-order valence-electron chi connectivity index (χ3n) is 4.99. The van der Waals surface area contributed by atoms with E-state index in [2.05, 4.69) is 25.7 Å². The highest BCUT2D eigenvalue weighted by atomic mass is 35.5. The fraction of sp³-hybridized carbons (Fsp3) is 0.381. The summed E-state index contributed by atoms with van der Waals surface area (Å²) in [7, 11) is 1.69. The molecule has 0 radical (unpaired) electrons. The summed E-state index contributed by atoms with van der Waals surface area (Å²) >= 11 is 6.56. The standard InChI is InChI=1S/C21H21ClF4N6O2S/c1-11(5-16(33)12-7-30-32(2)15(12)9-27-4-3-23)20-29-10-17(35-20)19(34)31-18-6-13(21(24,25)26)14(22)8-28-18/h6-8,10-11,27H,3-5,9H2,1-2H3,(H,28,31,34)/t11-/m0/s1. The number of Topliss-reactive ketones (excluding diaryl/α,β-unsaturated/α-hetero) is 1. The van der Waals surface area contributed by atoms with Crippen LogP contribution in [-0.4, -0.2) is 44.7 Å². The molecule has 1 atom stereocenters. The lowest BCUT2D eigenvalue weighted by Crippen LogP contribution is -2.20. The number of thiazole rings is 1. The van der Waals surface area contributed by atoms with Crippen molar-refractivity contribution in [3.05, 3.63) is 56.4 Å². The second-order valence-corrected chi connectivity index (χ2v) is 9.06. The number of aryl methyl sites for hydroxylation is 1. The summed E-state index contributed by atoms with van der Waals surface area (Å²) in [5, 5.41) is 9.22. The maximum absolute atomic E-state index is 13.0. The van der Waals surface area contributed by atoms with Crippen LogP contribution in [0.3, 0.4) is 0 Å². The third-order valence-corrected chi connectivity index (χ3v) is 6.52. The first-order chi connectivity index (χ1) is 16.5. The van der Waals surface area contributed by atoms with E-state index in [1.165, 1.54) is 12.4 Å². The summed E-state index contributed by atoms with van der Waals surface area (Å²) in [6.07, 6.45) is -1.06. The molecule has 1 amide bonds. The van der Waals surface area contributed by atoms with Crippen LogP contribution in [0.1, 0.15) is 55.6 Å². The summed E-state index contributed by atoms with van der Waals surface area (Å²) in [6, 6.07) is 0.650. The van der Waals surface area contributed by atoms with E-state index >= 15 is 0 Å². The lowest BCUT2D eigenvalue weighted by Gasteiger charge is -2.10. The number of nitrogens with zero attached hydrogens (tertiary/aromatic N) is 4.